The van der Waals surface area contributed by atoms with Crippen molar-refractivity contribution in [2.24, 2.45) is 0 Å². The average molecular weight is 402 g/mol. The Kier molecular flexibility index (Phi) is 5.53. The highest BCUT2D eigenvalue weighted by atomic mass is 79.9. The molecule has 1 aliphatic heterocycles. The summed E-state index contributed by atoms with van der Waals surface area (Å²) in [6, 6.07) is 2.14. The summed E-state index contributed by atoms with van der Waals surface area (Å²) in [5.41, 5.74) is 0. The van der Waals surface area contributed by atoms with Gasteiger partial charge in [0, 0.05) is 24.0 Å². The summed E-state index contributed by atoms with van der Waals surface area (Å²) in [5.74, 6) is 0.335. The molecule has 20 heavy (non-hydrogen) atoms. The summed E-state index contributed by atoms with van der Waals surface area (Å²) in [6.07, 6.45) is 1.74. The van der Waals surface area contributed by atoms with Crippen LogP contribution in [0, 0.1) is 0 Å². The summed E-state index contributed by atoms with van der Waals surface area (Å²) in [7, 11) is 0.666. The second-order valence-corrected chi connectivity index (χ2v) is 9.71. The molecule has 0 atom stereocenters. The van der Waals surface area contributed by atoms with Crippen molar-refractivity contribution in [3.05, 3.63) is 14.7 Å². The number of alkyl halides is 1. The molecule has 1 fully saturated rings. The van der Waals surface area contributed by atoms with Gasteiger partial charge in [0.15, 0.2) is 0 Å². The fourth-order valence-corrected chi connectivity index (χ4v) is 6.57. The van der Waals surface area contributed by atoms with Crippen molar-refractivity contribution in [3.8, 4) is 0 Å². The van der Waals surface area contributed by atoms with E-state index < -0.39 is 10.0 Å². The number of nitrogens with zero attached hydrogens (tertiary/aromatic N) is 2. The number of hydrogen-bond donors (Lipinski definition) is 0. The summed E-state index contributed by atoms with van der Waals surface area (Å²) in [5, 5.41) is 0. The van der Waals surface area contributed by atoms with E-state index in [1.165, 1.54) is 11.3 Å². The van der Waals surface area contributed by atoms with Gasteiger partial charge < -0.3 is 4.90 Å². The van der Waals surface area contributed by atoms with E-state index in [9.17, 15) is 8.42 Å². The molecule has 0 aromatic carbocycles. The lowest BCUT2D eigenvalue weighted by Crippen LogP contribution is -2.44. The monoisotopic (exact) mass is 400 g/mol. The van der Waals surface area contributed by atoms with Crippen LogP contribution in [0.2, 0.25) is 0 Å². The topological polar surface area (TPSA) is 40.6 Å². The number of halogens is 2. The molecule has 8 heteroatoms. The SMILES string of the molecule is CN(C)C1CCN(S(=O)(=O)c2cc(CCl)sc2Br)CC1. The molecule has 0 unspecified atom stereocenters. The number of hydrogen-bond acceptors (Lipinski definition) is 4. The van der Waals surface area contributed by atoms with Crippen molar-refractivity contribution in [2.45, 2.75) is 29.7 Å². The first-order valence-corrected chi connectivity index (χ1v) is 9.95. The molecule has 2 heterocycles. The zero-order valence-electron chi connectivity index (χ0n) is 11.5. The maximum absolute atomic E-state index is 12.7. The van der Waals surface area contributed by atoms with Gasteiger partial charge in [-0.15, -0.1) is 22.9 Å². The van der Waals surface area contributed by atoms with Crippen molar-refractivity contribution < 1.29 is 8.42 Å². The highest BCUT2D eigenvalue weighted by Crippen LogP contribution is 2.35. The molecule has 1 aromatic rings. The molecule has 4 nitrogen and oxygen atoms in total. The molecule has 0 spiro atoms. The van der Waals surface area contributed by atoms with Gasteiger partial charge in [0.05, 0.1) is 9.67 Å². The van der Waals surface area contributed by atoms with Crippen LogP contribution in [-0.4, -0.2) is 50.8 Å². The van der Waals surface area contributed by atoms with Gasteiger partial charge in [-0.25, -0.2) is 8.42 Å². The van der Waals surface area contributed by atoms with Crippen LogP contribution in [0.5, 0.6) is 0 Å². The second kappa shape index (κ2) is 6.62. The molecular formula is C12H18BrClN2O2S2. The predicted octanol–water partition coefficient (Wildman–Crippen LogP) is 2.96. The smallest absolute Gasteiger partial charge is 0.245 e. The Morgan fingerprint density at radius 2 is 2.05 bits per heavy atom. The van der Waals surface area contributed by atoms with Gasteiger partial charge in [-0.05, 0) is 48.9 Å². The standard InChI is InChI=1S/C12H18BrClN2O2S2/c1-15(2)9-3-5-16(6-4-9)20(17,18)11-7-10(8-14)19-12(11)13/h7,9H,3-6,8H2,1-2H3. The molecular weight excluding hydrogens is 384 g/mol. The lowest BCUT2D eigenvalue weighted by atomic mass is 10.1. The van der Waals surface area contributed by atoms with E-state index in [-0.39, 0.29) is 0 Å². The fourth-order valence-electron chi connectivity index (χ4n) is 2.38. The van der Waals surface area contributed by atoms with Gasteiger partial charge in [0.2, 0.25) is 10.0 Å². The first-order valence-electron chi connectivity index (χ1n) is 6.37. The largest absolute Gasteiger partial charge is 0.306 e. The van der Waals surface area contributed by atoms with Crippen LogP contribution >= 0.6 is 38.9 Å². The maximum atomic E-state index is 12.7. The highest BCUT2D eigenvalue weighted by molar-refractivity contribution is 9.11. The third-order valence-electron chi connectivity index (χ3n) is 3.61. The summed E-state index contributed by atoms with van der Waals surface area (Å²) >= 11 is 10.5. The molecule has 1 aliphatic rings. The number of sulfonamides is 1. The van der Waals surface area contributed by atoms with Gasteiger partial charge in [0.25, 0.3) is 0 Å². The van der Waals surface area contributed by atoms with E-state index in [0.717, 1.165) is 17.7 Å². The van der Waals surface area contributed by atoms with E-state index in [2.05, 4.69) is 20.8 Å². The number of thiophene rings is 1. The third-order valence-corrected chi connectivity index (χ3v) is 8.21. The van der Waals surface area contributed by atoms with Gasteiger partial charge >= 0.3 is 0 Å². The quantitative estimate of drug-likeness (QED) is 0.728. The molecule has 0 aliphatic carbocycles. The molecule has 1 saturated heterocycles. The molecule has 0 saturated carbocycles. The molecule has 0 bridgehead atoms. The van der Waals surface area contributed by atoms with E-state index in [1.54, 1.807) is 10.4 Å². The van der Waals surface area contributed by atoms with Crippen molar-refractivity contribution in [3.63, 3.8) is 0 Å². The maximum Gasteiger partial charge on any atom is 0.245 e. The van der Waals surface area contributed by atoms with Crippen molar-refractivity contribution in [1.29, 1.82) is 0 Å². The van der Waals surface area contributed by atoms with Crippen LogP contribution in [0.3, 0.4) is 0 Å². The zero-order valence-corrected chi connectivity index (χ0v) is 15.4. The van der Waals surface area contributed by atoms with Crippen molar-refractivity contribution in [2.75, 3.05) is 27.2 Å². The van der Waals surface area contributed by atoms with Crippen LogP contribution in [-0.2, 0) is 15.9 Å². The van der Waals surface area contributed by atoms with Crippen LogP contribution < -0.4 is 0 Å². The Balaban J connectivity index is 2.17. The molecule has 1 aromatic heterocycles. The predicted molar refractivity (Wildman–Crippen MR) is 87.0 cm³/mol. The third kappa shape index (κ3) is 3.39. The zero-order chi connectivity index (χ0) is 14.9. The Morgan fingerprint density at radius 3 is 2.50 bits per heavy atom. The molecule has 114 valence electrons. The van der Waals surface area contributed by atoms with Crippen molar-refractivity contribution >= 4 is 48.9 Å². The van der Waals surface area contributed by atoms with E-state index >= 15 is 0 Å². The number of piperidine rings is 1. The molecule has 0 amide bonds. The van der Waals surface area contributed by atoms with Crippen molar-refractivity contribution in [1.82, 2.24) is 9.21 Å². The van der Waals surface area contributed by atoms with E-state index in [4.69, 9.17) is 11.6 Å². The molecule has 0 N–H and O–H groups in total. The normalized spacial score (nSPS) is 18.9. The van der Waals surface area contributed by atoms with Crippen LogP contribution in [0.25, 0.3) is 0 Å². The Hall–Kier alpha value is 0.340. The van der Waals surface area contributed by atoms with Crippen LogP contribution in [0.1, 0.15) is 17.7 Å². The minimum atomic E-state index is -3.41. The van der Waals surface area contributed by atoms with Crippen LogP contribution in [0.15, 0.2) is 14.7 Å². The van der Waals surface area contributed by atoms with Gasteiger partial charge in [-0.1, -0.05) is 0 Å². The Labute approximate surface area is 137 Å². The Bertz CT molecular complexity index is 566. The minimum absolute atomic E-state index is 0.335. The summed E-state index contributed by atoms with van der Waals surface area (Å²) in [6.45, 7) is 1.15. The van der Waals surface area contributed by atoms with Gasteiger partial charge in [0.1, 0.15) is 4.90 Å². The Morgan fingerprint density at radius 1 is 1.45 bits per heavy atom. The average Bonchev–Trinajstić information content (AvgIpc) is 2.81. The fraction of sp³-hybridized carbons (Fsp3) is 0.667. The van der Waals surface area contributed by atoms with Gasteiger partial charge in [-0.3, -0.25) is 0 Å². The number of rotatable bonds is 4. The highest BCUT2D eigenvalue weighted by Gasteiger charge is 2.32. The second-order valence-electron chi connectivity index (χ2n) is 5.08. The van der Waals surface area contributed by atoms with Crippen LogP contribution in [0.4, 0.5) is 0 Å². The van der Waals surface area contributed by atoms with Gasteiger partial charge in [-0.2, -0.15) is 4.31 Å². The first-order chi connectivity index (χ1) is 9.36. The summed E-state index contributed by atoms with van der Waals surface area (Å²) < 4.78 is 27.5. The minimum Gasteiger partial charge on any atom is -0.306 e. The first kappa shape index (κ1) is 16.7. The molecule has 0 radical (unpaired) electrons. The van der Waals surface area contributed by atoms with E-state index in [1.807, 2.05) is 14.1 Å². The molecule has 2 rings (SSSR count). The summed E-state index contributed by atoms with van der Waals surface area (Å²) in [4.78, 5) is 3.37. The lowest BCUT2D eigenvalue weighted by molar-refractivity contribution is 0.196. The van der Waals surface area contributed by atoms with E-state index in [0.29, 0.717) is 33.7 Å². The lowest BCUT2D eigenvalue weighted by Gasteiger charge is -2.34.